The summed E-state index contributed by atoms with van der Waals surface area (Å²) in [5.74, 6) is 0.225. The molecule has 12 heteroatoms. The van der Waals surface area contributed by atoms with E-state index in [0.717, 1.165) is 44.5 Å². The summed E-state index contributed by atoms with van der Waals surface area (Å²) in [7, 11) is -3.57. The first-order valence-electron chi connectivity index (χ1n) is 12.2. The maximum absolute atomic E-state index is 14.0. The topological polar surface area (TPSA) is 114 Å². The molecule has 1 fully saturated rings. The van der Waals surface area contributed by atoms with Gasteiger partial charge in [0.2, 0.25) is 10.0 Å². The van der Waals surface area contributed by atoms with Gasteiger partial charge in [0.15, 0.2) is 0 Å². The van der Waals surface area contributed by atoms with E-state index in [2.05, 4.69) is 72.3 Å². The molecular formula is C26H31FIN7O2S. The average Bonchev–Trinajstić information content (AvgIpc) is 2.87. The molecule has 0 unspecified atom stereocenters. The van der Waals surface area contributed by atoms with Crippen LogP contribution in [0.3, 0.4) is 0 Å². The zero-order valence-corrected chi connectivity index (χ0v) is 24.6. The number of aromatic nitrogens is 2. The fraction of sp³-hybridized carbons (Fsp3) is 0.423. The Bertz CT molecular complexity index is 1470. The number of nitriles is 1. The van der Waals surface area contributed by atoms with Crippen LogP contribution >= 0.6 is 22.6 Å². The molecule has 38 heavy (non-hydrogen) atoms. The van der Waals surface area contributed by atoms with Crippen molar-refractivity contribution in [1.82, 2.24) is 19.8 Å². The van der Waals surface area contributed by atoms with Crippen LogP contribution in [0.1, 0.15) is 31.4 Å². The maximum Gasteiger partial charge on any atom is 0.229 e. The lowest BCUT2D eigenvalue weighted by Gasteiger charge is -2.45. The number of anilines is 3. The number of piperazine rings is 1. The summed E-state index contributed by atoms with van der Waals surface area (Å²) < 4.78 is 42.0. The third kappa shape index (κ3) is 6.51. The first-order chi connectivity index (χ1) is 18.0. The minimum absolute atomic E-state index is 0.269. The average molecular weight is 652 g/mol. The Morgan fingerprint density at radius 2 is 1.89 bits per heavy atom. The number of nitrogens with one attached hydrogen (secondary N) is 2. The van der Waals surface area contributed by atoms with Crippen molar-refractivity contribution in [2.75, 3.05) is 49.0 Å². The van der Waals surface area contributed by atoms with Gasteiger partial charge in [-0.05, 0) is 55.3 Å². The number of sulfonamides is 1. The van der Waals surface area contributed by atoms with Crippen LogP contribution in [0.25, 0.3) is 10.9 Å². The van der Waals surface area contributed by atoms with Crippen LogP contribution in [0.2, 0.25) is 0 Å². The predicted molar refractivity (Wildman–Crippen MR) is 157 cm³/mol. The van der Waals surface area contributed by atoms with Gasteiger partial charge < -0.3 is 5.32 Å². The van der Waals surface area contributed by atoms with E-state index in [4.69, 9.17) is 5.26 Å². The first-order valence-corrected chi connectivity index (χ1v) is 15.7. The molecule has 1 aromatic heterocycles. The minimum atomic E-state index is -3.57. The second-order valence-electron chi connectivity index (χ2n) is 9.87. The van der Waals surface area contributed by atoms with E-state index in [1.165, 1.54) is 12.4 Å². The number of nitrogens with zero attached hydrogens (tertiary/aromatic N) is 5. The molecule has 1 aliphatic rings. The molecule has 9 nitrogen and oxygen atoms in total. The molecule has 2 N–H and O–H groups in total. The number of benzene rings is 2. The Morgan fingerprint density at radius 3 is 2.55 bits per heavy atom. The summed E-state index contributed by atoms with van der Waals surface area (Å²) in [4.78, 5) is 13.5. The van der Waals surface area contributed by atoms with Crippen LogP contribution in [0.5, 0.6) is 0 Å². The summed E-state index contributed by atoms with van der Waals surface area (Å²) in [6.07, 6.45) is 3.10. The lowest BCUT2D eigenvalue weighted by atomic mass is 9.89. The molecule has 0 spiro atoms. The number of alkyl halides is 1. The van der Waals surface area contributed by atoms with Gasteiger partial charge in [-0.25, -0.2) is 22.8 Å². The largest absolute Gasteiger partial charge is 0.340 e. The van der Waals surface area contributed by atoms with Crippen molar-refractivity contribution in [1.29, 1.82) is 5.26 Å². The first kappa shape index (κ1) is 28.4. The third-order valence-corrected chi connectivity index (χ3v) is 8.30. The van der Waals surface area contributed by atoms with Crippen LogP contribution in [0.15, 0.2) is 36.7 Å². The molecule has 0 amide bonds. The van der Waals surface area contributed by atoms with E-state index in [9.17, 15) is 12.8 Å². The quantitative estimate of drug-likeness (QED) is 0.255. The van der Waals surface area contributed by atoms with E-state index >= 15 is 0 Å². The molecule has 0 aliphatic carbocycles. The molecule has 4 rings (SSSR count). The smallest absolute Gasteiger partial charge is 0.229 e. The number of hydrogen-bond acceptors (Lipinski definition) is 8. The lowest BCUT2D eigenvalue weighted by Crippen LogP contribution is -2.53. The predicted octanol–water partition coefficient (Wildman–Crippen LogP) is 4.59. The zero-order valence-electron chi connectivity index (χ0n) is 21.6. The molecule has 1 saturated heterocycles. The molecule has 0 saturated carbocycles. The molecule has 2 heterocycles. The fourth-order valence-electron chi connectivity index (χ4n) is 4.79. The highest BCUT2D eigenvalue weighted by atomic mass is 127. The number of hydrogen-bond donors (Lipinski definition) is 2. The molecule has 1 aliphatic heterocycles. The maximum atomic E-state index is 14.0. The van der Waals surface area contributed by atoms with Crippen molar-refractivity contribution in [2.45, 2.75) is 30.2 Å². The third-order valence-electron chi connectivity index (χ3n) is 6.88. The van der Waals surface area contributed by atoms with Gasteiger partial charge >= 0.3 is 0 Å². The van der Waals surface area contributed by atoms with E-state index in [-0.39, 0.29) is 5.82 Å². The summed E-state index contributed by atoms with van der Waals surface area (Å²) in [6, 6.07) is 10.7. The highest BCUT2D eigenvalue weighted by Gasteiger charge is 2.34. The van der Waals surface area contributed by atoms with Crippen LogP contribution in [0.4, 0.5) is 21.6 Å². The monoisotopic (exact) mass is 651 g/mol. The molecule has 2 aromatic carbocycles. The van der Waals surface area contributed by atoms with Gasteiger partial charge in [0.05, 0.1) is 23.5 Å². The van der Waals surface area contributed by atoms with Crippen LogP contribution < -0.4 is 10.0 Å². The minimum Gasteiger partial charge on any atom is -0.340 e. The molecule has 0 bridgehead atoms. The Balaban J connectivity index is 1.73. The molecule has 3 aromatic rings. The Morgan fingerprint density at radius 1 is 1.16 bits per heavy atom. The standard InChI is InChI=1S/C26H31FIN7O2S/c1-26(2,35-11-9-34(10-12-35)8-4-7-29)21-15-23-20(14-24(21)33-38(3,36)37)25(31-17-30-23)32-19-5-6-22(27)18(13-19)16-28/h5-6,13-15,17,33H,4,8-12,16H2,1-3H3,(H,30,31,32). The summed E-state index contributed by atoms with van der Waals surface area (Å²) in [5.41, 5.74) is 2.67. The van der Waals surface area contributed by atoms with E-state index in [1.54, 1.807) is 18.2 Å². The van der Waals surface area contributed by atoms with Crippen molar-refractivity contribution in [3.63, 3.8) is 0 Å². The van der Waals surface area contributed by atoms with Gasteiger partial charge in [0.1, 0.15) is 18.0 Å². The van der Waals surface area contributed by atoms with Crippen LogP contribution in [-0.2, 0) is 20.0 Å². The van der Waals surface area contributed by atoms with Gasteiger partial charge in [0.25, 0.3) is 0 Å². The molecule has 0 atom stereocenters. The molecule has 0 radical (unpaired) electrons. The van der Waals surface area contributed by atoms with Gasteiger partial charge in [0, 0.05) is 60.2 Å². The molecule has 202 valence electrons. The summed E-state index contributed by atoms with van der Waals surface area (Å²) in [6.45, 7) is 8.15. The van der Waals surface area contributed by atoms with Crippen molar-refractivity contribution >= 4 is 60.7 Å². The lowest BCUT2D eigenvalue weighted by molar-refractivity contribution is 0.0518. The zero-order chi connectivity index (χ0) is 27.5. The van der Waals surface area contributed by atoms with E-state index in [0.29, 0.717) is 44.5 Å². The van der Waals surface area contributed by atoms with E-state index < -0.39 is 15.6 Å². The number of rotatable bonds is 9. The fourth-order valence-corrected chi connectivity index (χ4v) is 5.95. The number of fused-ring (bicyclic) bond motifs is 1. The number of halogens is 2. The highest BCUT2D eigenvalue weighted by Crippen LogP contribution is 2.38. The van der Waals surface area contributed by atoms with Crippen molar-refractivity contribution in [3.8, 4) is 6.07 Å². The normalized spacial score (nSPS) is 15.4. The second kappa shape index (κ2) is 11.6. The van der Waals surface area contributed by atoms with Gasteiger partial charge in [-0.2, -0.15) is 5.26 Å². The van der Waals surface area contributed by atoms with E-state index in [1.807, 2.05) is 6.07 Å². The Kier molecular flexibility index (Phi) is 8.71. The van der Waals surface area contributed by atoms with Gasteiger partial charge in [-0.15, -0.1) is 0 Å². The van der Waals surface area contributed by atoms with Crippen molar-refractivity contribution in [2.24, 2.45) is 0 Å². The van der Waals surface area contributed by atoms with Gasteiger partial charge in [-0.1, -0.05) is 22.6 Å². The summed E-state index contributed by atoms with van der Waals surface area (Å²) >= 11 is 2.12. The van der Waals surface area contributed by atoms with Gasteiger partial charge in [-0.3, -0.25) is 14.5 Å². The highest BCUT2D eigenvalue weighted by molar-refractivity contribution is 14.1. The van der Waals surface area contributed by atoms with Crippen LogP contribution in [-0.4, -0.2) is 67.2 Å². The summed E-state index contributed by atoms with van der Waals surface area (Å²) in [5, 5.41) is 12.8. The SMILES string of the molecule is CC(C)(c1cc2ncnc(Nc3ccc(F)c(CI)c3)c2cc1NS(C)(=O)=O)N1CCN(CCC#N)CC1. The Hall–Kier alpha value is -2.60. The van der Waals surface area contributed by atoms with Crippen molar-refractivity contribution in [3.05, 3.63) is 53.6 Å². The van der Waals surface area contributed by atoms with Crippen LogP contribution in [0, 0.1) is 17.1 Å². The Labute approximate surface area is 236 Å². The van der Waals surface area contributed by atoms with Crippen molar-refractivity contribution < 1.29 is 12.8 Å². The second-order valence-corrected chi connectivity index (χ2v) is 12.4. The molecular weight excluding hydrogens is 620 g/mol.